The van der Waals surface area contributed by atoms with Crippen LogP contribution in [0.25, 0.3) is 0 Å². The molecule has 0 bridgehead atoms. The Labute approximate surface area is 107 Å². The van der Waals surface area contributed by atoms with E-state index >= 15 is 0 Å². The van der Waals surface area contributed by atoms with E-state index in [0.717, 1.165) is 32.6 Å². The molecule has 0 aromatic carbocycles. The zero-order valence-electron chi connectivity index (χ0n) is 10.9. The molecule has 0 spiro atoms. The molecule has 2 heterocycles. The SMILES string of the molecule is CN(CC1(C)CCOCC1)C(=O)c1cnccn1. The summed E-state index contributed by atoms with van der Waals surface area (Å²) in [6.07, 6.45) is 6.59. The van der Waals surface area contributed by atoms with Gasteiger partial charge in [0.1, 0.15) is 5.69 Å². The summed E-state index contributed by atoms with van der Waals surface area (Å²) in [5.41, 5.74) is 0.542. The fourth-order valence-electron chi connectivity index (χ4n) is 2.27. The summed E-state index contributed by atoms with van der Waals surface area (Å²) >= 11 is 0. The molecule has 0 N–H and O–H groups in total. The molecule has 1 aliphatic heterocycles. The number of carbonyl (C=O) groups is 1. The van der Waals surface area contributed by atoms with Crippen LogP contribution in [0.1, 0.15) is 30.3 Å². The Bertz CT molecular complexity index is 402. The van der Waals surface area contributed by atoms with Crippen LogP contribution in [0.4, 0.5) is 0 Å². The van der Waals surface area contributed by atoms with E-state index < -0.39 is 0 Å². The van der Waals surface area contributed by atoms with Crippen molar-refractivity contribution in [3.63, 3.8) is 0 Å². The number of ether oxygens (including phenoxy) is 1. The molecular weight excluding hydrogens is 230 g/mol. The Hall–Kier alpha value is -1.49. The Kier molecular flexibility index (Phi) is 3.91. The average Bonchev–Trinajstić information content (AvgIpc) is 2.39. The summed E-state index contributed by atoms with van der Waals surface area (Å²) in [7, 11) is 1.82. The largest absolute Gasteiger partial charge is 0.381 e. The third-order valence-electron chi connectivity index (χ3n) is 3.45. The smallest absolute Gasteiger partial charge is 0.273 e. The van der Waals surface area contributed by atoms with Gasteiger partial charge in [0.2, 0.25) is 0 Å². The highest BCUT2D eigenvalue weighted by atomic mass is 16.5. The highest BCUT2D eigenvalue weighted by molar-refractivity contribution is 5.91. The van der Waals surface area contributed by atoms with Crippen LogP contribution in [0.2, 0.25) is 0 Å². The first-order valence-electron chi connectivity index (χ1n) is 6.20. The van der Waals surface area contributed by atoms with Gasteiger partial charge >= 0.3 is 0 Å². The van der Waals surface area contributed by atoms with Crippen molar-refractivity contribution in [1.29, 1.82) is 0 Å². The Balaban J connectivity index is 1.99. The summed E-state index contributed by atoms with van der Waals surface area (Å²) in [6.45, 7) is 4.50. The van der Waals surface area contributed by atoms with Crippen LogP contribution in [0.15, 0.2) is 18.6 Å². The monoisotopic (exact) mass is 249 g/mol. The first kappa shape index (κ1) is 13.0. The molecule has 98 valence electrons. The quantitative estimate of drug-likeness (QED) is 0.811. The second-order valence-electron chi connectivity index (χ2n) is 5.17. The fraction of sp³-hybridized carbons (Fsp3) is 0.615. The van der Waals surface area contributed by atoms with E-state index in [4.69, 9.17) is 4.74 Å². The number of nitrogens with zero attached hydrogens (tertiary/aromatic N) is 3. The first-order valence-corrected chi connectivity index (χ1v) is 6.20. The molecule has 2 rings (SSSR count). The van der Waals surface area contributed by atoms with Gasteiger partial charge < -0.3 is 9.64 Å². The molecule has 1 aliphatic rings. The summed E-state index contributed by atoms with van der Waals surface area (Å²) in [6, 6.07) is 0. The van der Waals surface area contributed by atoms with Gasteiger partial charge in [0.05, 0.1) is 6.20 Å². The summed E-state index contributed by atoms with van der Waals surface area (Å²) in [5.74, 6) is -0.0733. The van der Waals surface area contributed by atoms with Crippen molar-refractivity contribution in [3.8, 4) is 0 Å². The molecule has 0 aliphatic carbocycles. The van der Waals surface area contributed by atoms with Gasteiger partial charge in [0.25, 0.3) is 5.91 Å². The van der Waals surface area contributed by atoms with E-state index in [9.17, 15) is 4.79 Å². The maximum absolute atomic E-state index is 12.2. The highest BCUT2D eigenvalue weighted by Gasteiger charge is 2.30. The van der Waals surface area contributed by atoms with Crippen LogP contribution in [-0.2, 0) is 4.74 Å². The van der Waals surface area contributed by atoms with E-state index in [2.05, 4.69) is 16.9 Å². The molecular formula is C13H19N3O2. The number of hydrogen-bond donors (Lipinski definition) is 0. The minimum absolute atomic E-state index is 0.0733. The maximum Gasteiger partial charge on any atom is 0.273 e. The third-order valence-corrected chi connectivity index (χ3v) is 3.45. The van der Waals surface area contributed by atoms with E-state index in [1.165, 1.54) is 12.4 Å². The molecule has 0 saturated carbocycles. The zero-order valence-corrected chi connectivity index (χ0v) is 10.9. The highest BCUT2D eigenvalue weighted by Crippen LogP contribution is 2.30. The van der Waals surface area contributed by atoms with Crippen molar-refractivity contribution in [2.24, 2.45) is 5.41 Å². The fourth-order valence-corrected chi connectivity index (χ4v) is 2.27. The minimum atomic E-state index is -0.0733. The third kappa shape index (κ3) is 3.04. The van der Waals surface area contributed by atoms with Crippen molar-refractivity contribution < 1.29 is 9.53 Å². The zero-order chi connectivity index (χ0) is 13.0. The van der Waals surface area contributed by atoms with Crippen molar-refractivity contribution in [2.45, 2.75) is 19.8 Å². The number of hydrogen-bond acceptors (Lipinski definition) is 4. The van der Waals surface area contributed by atoms with Gasteiger partial charge in [0.15, 0.2) is 0 Å². The van der Waals surface area contributed by atoms with Crippen molar-refractivity contribution in [2.75, 3.05) is 26.8 Å². The van der Waals surface area contributed by atoms with E-state index in [-0.39, 0.29) is 11.3 Å². The van der Waals surface area contributed by atoms with Gasteiger partial charge in [-0.2, -0.15) is 0 Å². The van der Waals surface area contributed by atoms with E-state index in [0.29, 0.717) is 5.69 Å². The van der Waals surface area contributed by atoms with E-state index in [1.54, 1.807) is 11.1 Å². The van der Waals surface area contributed by atoms with Crippen molar-refractivity contribution in [1.82, 2.24) is 14.9 Å². The standard InChI is InChI=1S/C13H19N3O2/c1-13(3-7-18-8-4-13)10-16(2)12(17)11-9-14-5-6-15-11/h5-6,9H,3-4,7-8,10H2,1-2H3. The summed E-state index contributed by atoms with van der Waals surface area (Å²) in [4.78, 5) is 21.8. The number of aromatic nitrogens is 2. The number of rotatable bonds is 3. The summed E-state index contributed by atoms with van der Waals surface area (Å²) < 4.78 is 5.37. The lowest BCUT2D eigenvalue weighted by atomic mass is 9.82. The Morgan fingerprint density at radius 3 is 2.78 bits per heavy atom. The van der Waals surface area contributed by atoms with Crippen LogP contribution in [0, 0.1) is 5.41 Å². The van der Waals surface area contributed by atoms with Gasteiger partial charge in [-0.3, -0.25) is 9.78 Å². The van der Waals surface area contributed by atoms with Gasteiger partial charge in [-0.1, -0.05) is 6.92 Å². The van der Waals surface area contributed by atoms with Gasteiger partial charge in [-0.15, -0.1) is 0 Å². The second-order valence-corrected chi connectivity index (χ2v) is 5.17. The molecule has 1 aromatic rings. The Morgan fingerprint density at radius 1 is 1.44 bits per heavy atom. The van der Waals surface area contributed by atoms with Crippen LogP contribution in [-0.4, -0.2) is 47.6 Å². The van der Waals surface area contributed by atoms with Gasteiger partial charge in [-0.25, -0.2) is 4.98 Å². The predicted octanol–water partition coefficient (Wildman–Crippen LogP) is 1.37. The molecule has 1 saturated heterocycles. The normalized spacial score (nSPS) is 18.3. The number of carbonyl (C=O) groups excluding carboxylic acids is 1. The van der Waals surface area contributed by atoms with Crippen LogP contribution >= 0.6 is 0 Å². The second kappa shape index (κ2) is 5.44. The molecule has 1 aromatic heterocycles. The molecule has 0 unspecified atom stereocenters. The maximum atomic E-state index is 12.2. The van der Waals surface area contributed by atoms with Crippen LogP contribution in [0.5, 0.6) is 0 Å². The molecule has 1 amide bonds. The van der Waals surface area contributed by atoms with Crippen LogP contribution < -0.4 is 0 Å². The molecule has 1 fully saturated rings. The van der Waals surface area contributed by atoms with Gasteiger partial charge in [-0.05, 0) is 18.3 Å². The van der Waals surface area contributed by atoms with Crippen molar-refractivity contribution in [3.05, 3.63) is 24.3 Å². The molecule has 18 heavy (non-hydrogen) atoms. The lowest BCUT2D eigenvalue weighted by Crippen LogP contribution is -2.40. The first-order chi connectivity index (χ1) is 8.61. The topological polar surface area (TPSA) is 55.3 Å². The number of amides is 1. The average molecular weight is 249 g/mol. The van der Waals surface area contributed by atoms with Crippen LogP contribution in [0.3, 0.4) is 0 Å². The molecule has 5 nitrogen and oxygen atoms in total. The minimum Gasteiger partial charge on any atom is -0.381 e. The molecule has 0 radical (unpaired) electrons. The Morgan fingerprint density at radius 2 is 2.17 bits per heavy atom. The predicted molar refractivity (Wildman–Crippen MR) is 67.2 cm³/mol. The van der Waals surface area contributed by atoms with Crippen molar-refractivity contribution >= 4 is 5.91 Å². The van der Waals surface area contributed by atoms with Gasteiger partial charge in [0, 0.05) is 39.2 Å². The lowest BCUT2D eigenvalue weighted by molar-refractivity contribution is 0.00905. The molecule has 5 heteroatoms. The molecule has 0 atom stereocenters. The lowest BCUT2D eigenvalue weighted by Gasteiger charge is -2.36. The summed E-state index contributed by atoms with van der Waals surface area (Å²) in [5, 5.41) is 0. The van der Waals surface area contributed by atoms with E-state index in [1.807, 2.05) is 7.05 Å².